The number of carbonyl (C=O) groups is 2. The van der Waals surface area contributed by atoms with Crippen LogP contribution in [0.3, 0.4) is 0 Å². The van der Waals surface area contributed by atoms with Crippen molar-refractivity contribution in [2.24, 2.45) is 5.41 Å². The van der Waals surface area contributed by atoms with E-state index in [0.29, 0.717) is 5.69 Å². The Morgan fingerprint density at radius 2 is 1.74 bits per heavy atom. The van der Waals surface area contributed by atoms with Crippen LogP contribution in [0.4, 0.5) is 0 Å². The van der Waals surface area contributed by atoms with Crippen molar-refractivity contribution in [3.63, 3.8) is 0 Å². The fourth-order valence-electron chi connectivity index (χ4n) is 4.53. The van der Waals surface area contributed by atoms with Crippen LogP contribution in [0, 0.1) is 5.41 Å². The maximum Gasteiger partial charge on any atom is 0.248 e. The van der Waals surface area contributed by atoms with Gasteiger partial charge >= 0.3 is 0 Å². The van der Waals surface area contributed by atoms with E-state index in [-0.39, 0.29) is 24.8 Å². The first-order valence-corrected chi connectivity index (χ1v) is 11.5. The molecule has 34 heavy (non-hydrogen) atoms. The first kappa shape index (κ1) is 23.6. The van der Waals surface area contributed by atoms with Crippen LogP contribution in [0.25, 0.3) is 22.4 Å². The average Bonchev–Trinajstić information content (AvgIpc) is 3.45. The molecule has 2 N–H and O–H groups in total. The quantitative estimate of drug-likeness (QED) is 0.609. The van der Waals surface area contributed by atoms with Crippen LogP contribution in [-0.2, 0) is 9.59 Å². The number of rotatable bonds is 5. The van der Waals surface area contributed by atoms with E-state index < -0.39 is 23.6 Å². The second-order valence-electron chi connectivity index (χ2n) is 9.81. The SMILES string of the molecule is CNC(=O)[C@H]1CC(O)CN1C(=O)C(n1cc(-c2cccc(-c3ccccc3)c2)nn1)C(C)(C)C. The zero-order valence-electron chi connectivity index (χ0n) is 20.0. The number of aliphatic hydroxyl groups is 1. The molecule has 0 spiro atoms. The van der Waals surface area contributed by atoms with Crippen molar-refractivity contribution >= 4 is 11.8 Å². The van der Waals surface area contributed by atoms with Crippen LogP contribution in [0.1, 0.15) is 33.2 Å². The summed E-state index contributed by atoms with van der Waals surface area (Å²) in [7, 11) is 1.53. The third-order valence-electron chi connectivity index (χ3n) is 6.21. The molecule has 1 fully saturated rings. The van der Waals surface area contributed by atoms with Gasteiger partial charge in [-0.1, -0.05) is 74.5 Å². The van der Waals surface area contributed by atoms with Crippen LogP contribution in [-0.4, -0.2) is 62.6 Å². The zero-order valence-corrected chi connectivity index (χ0v) is 20.0. The number of benzene rings is 2. The summed E-state index contributed by atoms with van der Waals surface area (Å²) in [5.41, 5.74) is 3.22. The standard InChI is InChI=1S/C26H31N5O3/c1-26(2,3)23(25(34)30-15-20(32)14-22(30)24(33)27-4)31-16-21(28-29-31)19-12-8-11-18(13-19)17-9-6-5-7-10-17/h5-13,16,20,22-23,32H,14-15H2,1-4H3,(H,27,33)/t20?,22-,23?/m1/s1. The van der Waals surface area contributed by atoms with Crippen molar-refractivity contribution in [1.29, 1.82) is 0 Å². The van der Waals surface area contributed by atoms with Crippen LogP contribution in [0.5, 0.6) is 0 Å². The Balaban J connectivity index is 1.66. The molecular weight excluding hydrogens is 430 g/mol. The molecule has 4 rings (SSSR count). The molecule has 0 bridgehead atoms. The number of hydrogen-bond donors (Lipinski definition) is 2. The van der Waals surface area contributed by atoms with E-state index in [4.69, 9.17) is 0 Å². The van der Waals surface area contributed by atoms with Gasteiger partial charge in [0.1, 0.15) is 17.8 Å². The maximum absolute atomic E-state index is 13.7. The number of likely N-dealkylation sites (N-methyl/N-ethyl adjacent to an activating group) is 1. The summed E-state index contributed by atoms with van der Waals surface area (Å²) in [5, 5.41) is 21.5. The smallest absolute Gasteiger partial charge is 0.248 e. The predicted octanol–water partition coefficient (Wildman–Crippen LogP) is 2.91. The highest BCUT2D eigenvalue weighted by molar-refractivity contribution is 5.90. The second kappa shape index (κ2) is 9.38. The Labute approximate surface area is 199 Å². The normalized spacial score (nSPS) is 19.1. The lowest BCUT2D eigenvalue weighted by Gasteiger charge is -2.34. The van der Waals surface area contributed by atoms with Crippen molar-refractivity contribution in [1.82, 2.24) is 25.2 Å². The topological polar surface area (TPSA) is 100 Å². The summed E-state index contributed by atoms with van der Waals surface area (Å²) in [6.45, 7) is 5.97. The van der Waals surface area contributed by atoms with Crippen molar-refractivity contribution in [3.8, 4) is 22.4 Å². The number of amides is 2. The van der Waals surface area contributed by atoms with Crippen LogP contribution in [0.2, 0.25) is 0 Å². The van der Waals surface area contributed by atoms with Gasteiger partial charge in [0.2, 0.25) is 11.8 Å². The lowest BCUT2D eigenvalue weighted by molar-refractivity contribution is -0.144. The van der Waals surface area contributed by atoms with Crippen molar-refractivity contribution in [2.75, 3.05) is 13.6 Å². The number of nitrogens with zero attached hydrogens (tertiary/aromatic N) is 4. The van der Waals surface area contributed by atoms with E-state index >= 15 is 0 Å². The molecule has 1 aliphatic rings. The summed E-state index contributed by atoms with van der Waals surface area (Å²) in [5.74, 6) is -0.540. The molecule has 178 valence electrons. The molecule has 2 aromatic carbocycles. The molecule has 3 atom stereocenters. The highest BCUT2D eigenvalue weighted by Crippen LogP contribution is 2.35. The molecule has 0 aliphatic carbocycles. The maximum atomic E-state index is 13.7. The summed E-state index contributed by atoms with van der Waals surface area (Å²) < 4.78 is 1.58. The van der Waals surface area contributed by atoms with Crippen molar-refractivity contribution < 1.29 is 14.7 Å². The molecule has 1 aromatic heterocycles. The van der Waals surface area contributed by atoms with Gasteiger partial charge in [-0.2, -0.15) is 0 Å². The van der Waals surface area contributed by atoms with E-state index in [0.717, 1.165) is 16.7 Å². The van der Waals surface area contributed by atoms with Gasteiger partial charge in [-0.15, -0.1) is 5.10 Å². The number of hydrogen-bond acceptors (Lipinski definition) is 5. The Morgan fingerprint density at radius 1 is 1.06 bits per heavy atom. The number of aromatic nitrogens is 3. The second-order valence-corrected chi connectivity index (χ2v) is 9.81. The molecule has 2 heterocycles. The molecular formula is C26H31N5O3. The minimum Gasteiger partial charge on any atom is -0.391 e. The molecule has 8 nitrogen and oxygen atoms in total. The van der Waals surface area contributed by atoms with Gasteiger partial charge in [-0.05, 0) is 22.6 Å². The number of aliphatic hydroxyl groups excluding tert-OH is 1. The molecule has 2 unspecified atom stereocenters. The summed E-state index contributed by atoms with van der Waals surface area (Å²) in [6.07, 6.45) is 1.26. The van der Waals surface area contributed by atoms with Crippen LogP contribution in [0.15, 0.2) is 60.8 Å². The summed E-state index contributed by atoms with van der Waals surface area (Å²) >= 11 is 0. The third kappa shape index (κ3) is 4.72. The Morgan fingerprint density at radius 3 is 2.41 bits per heavy atom. The highest BCUT2D eigenvalue weighted by Gasteiger charge is 2.45. The van der Waals surface area contributed by atoms with Gasteiger partial charge in [0.05, 0.1) is 12.3 Å². The lowest BCUT2D eigenvalue weighted by Crippen LogP contribution is -2.49. The molecule has 8 heteroatoms. The first-order chi connectivity index (χ1) is 16.2. The molecule has 1 aliphatic heterocycles. The van der Waals surface area contributed by atoms with Gasteiger partial charge in [-0.25, -0.2) is 4.68 Å². The monoisotopic (exact) mass is 461 g/mol. The zero-order chi connectivity index (χ0) is 24.5. The highest BCUT2D eigenvalue weighted by atomic mass is 16.3. The molecule has 0 saturated carbocycles. The van der Waals surface area contributed by atoms with E-state index in [1.54, 1.807) is 10.9 Å². The van der Waals surface area contributed by atoms with Gasteiger partial charge < -0.3 is 15.3 Å². The summed E-state index contributed by atoms with van der Waals surface area (Å²) in [4.78, 5) is 27.5. The van der Waals surface area contributed by atoms with Gasteiger partial charge in [0, 0.05) is 25.6 Å². The van der Waals surface area contributed by atoms with Crippen LogP contribution >= 0.6 is 0 Å². The van der Waals surface area contributed by atoms with E-state index in [1.165, 1.54) is 11.9 Å². The van der Waals surface area contributed by atoms with Crippen molar-refractivity contribution in [2.45, 2.75) is 45.4 Å². The Hall–Kier alpha value is -3.52. The van der Waals surface area contributed by atoms with E-state index in [2.05, 4.69) is 33.8 Å². The molecule has 3 aromatic rings. The third-order valence-corrected chi connectivity index (χ3v) is 6.21. The first-order valence-electron chi connectivity index (χ1n) is 11.5. The molecule has 0 radical (unpaired) electrons. The fraction of sp³-hybridized carbons (Fsp3) is 0.385. The predicted molar refractivity (Wildman–Crippen MR) is 130 cm³/mol. The minimum absolute atomic E-state index is 0.115. The number of nitrogens with one attached hydrogen (secondary N) is 1. The molecule has 1 saturated heterocycles. The van der Waals surface area contributed by atoms with Crippen molar-refractivity contribution in [3.05, 3.63) is 60.8 Å². The number of carbonyl (C=O) groups excluding carboxylic acids is 2. The number of likely N-dealkylation sites (tertiary alicyclic amines) is 1. The molecule has 2 amide bonds. The van der Waals surface area contributed by atoms with E-state index in [9.17, 15) is 14.7 Å². The Kier molecular flexibility index (Phi) is 6.52. The van der Waals surface area contributed by atoms with Gasteiger partial charge in [0.25, 0.3) is 0 Å². The number of β-amino-alcohol motifs (C(OH)–C–C–N with tert-alkyl or cyclic N) is 1. The van der Waals surface area contributed by atoms with Gasteiger partial charge in [0.15, 0.2) is 0 Å². The largest absolute Gasteiger partial charge is 0.391 e. The Bertz CT molecular complexity index is 1170. The van der Waals surface area contributed by atoms with E-state index in [1.807, 2.05) is 57.2 Å². The van der Waals surface area contributed by atoms with Crippen LogP contribution < -0.4 is 5.32 Å². The fourth-order valence-corrected chi connectivity index (χ4v) is 4.53. The average molecular weight is 462 g/mol. The minimum atomic E-state index is -0.737. The summed E-state index contributed by atoms with van der Waals surface area (Å²) in [6, 6.07) is 16.7. The lowest BCUT2D eigenvalue weighted by atomic mass is 9.85. The van der Waals surface area contributed by atoms with Gasteiger partial charge in [-0.3, -0.25) is 9.59 Å².